The Bertz CT molecular complexity index is 760. The summed E-state index contributed by atoms with van der Waals surface area (Å²) >= 11 is 1.55. The Labute approximate surface area is 172 Å². The van der Waals surface area contributed by atoms with Crippen molar-refractivity contribution in [1.82, 2.24) is 4.31 Å². The van der Waals surface area contributed by atoms with Gasteiger partial charge in [0.25, 0.3) is 0 Å². The van der Waals surface area contributed by atoms with E-state index in [1.165, 1.54) is 16.4 Å². The molecule has 0 atom stereocenters. The van der Waals surface area contributed by atoms with Crippen LogP contribution >= 0.6 is 11.8 Å². The highest BCUT2D eigenvalue weighted by Crippen LogP contribution is 2.30. The van der Waals surface area contributed by atoms with Crippen LogP contribution in [0, 0.1) is 5.92 Å². The number of rotatable bonds is 9. The number of carbonyl (C=O) groups is 1. The Balaban J connectivity index is 2.22. The summed E-state index contributed by atoms with van der Waals surface area (Å²) in [6.07, 6.45) is -0.104. The quantitative estimate of drug-likeness (QED) is 0.648. The van der Waals surface area contributed by atoms with E-state index in [2.05, 4.69) is 19.2 Å². The second-order valence-corrected chi connectivity index (χ2v) is 10.3. The fraction of sp³-hybridized carbons (Fsp3) is 0.632. The highest BCUT2D eigenvalue weighted by Gasteiger charge is 2.27. The fourth-order valence-electron chi connectivity index (χ4n) is 2.63. The summed E-state index contributed by atoms with van der Waals surface area (Å²) in [5.74, 6) is 1.96. The molecule has 1 aliphatic rings. The standard InChI is InChI=1S/C19H30N2O5S2/c1-14(2)12-27-13-19(22)20-17-11-16(5-6-18(17)26-15(3)4)28(23,24)21-7-9-25-10-8-21/h5-6,11,14-15H,7-10,12-13H2,1-4H3,(H,20,22). The van der Waals surface area contributed by atoms with Gasteiger partial charge in [-0.2, -0.15) is 16.1 Å². The second-order valence-electron chi connectivity index (χ2n) is 7.30. The Morgan fingerprint density at radius 1 is 1.25 bits per heavy atom. The summed E-state index contributed by atoms with van der Waals surface area (Å²) < 4.78 is 38.2. The zero-order valence-electron chi connectivity index (χ0n) is 16.9. The maximum atomic E-state index is 12.9. The lowest BCUT2D eigenvalue weighted by Gasteiger charge is -2.26. The van der Waals surface area contributed by atoms with Crippen molar-refractivity contribution in [3.63, 3.8) is 0 Å². The van der Waals surface area contributed by atoms with Gasteiger partial charge < -0.3 is 14.8 Å². The summed E-state index contributed by atoms with van der Waals surface area (Å²) in [4.78, 5) is 12.5. The van der Waals surface area contributed by atoms with Gasteiger partial charge in [-0.1, -0.05) is 13.8 Å². The van der Waals surface area contributed by atoms with E-state index in [9.17, 15) is 13.2 Å². The second kappa shape index (κ2) is 10.5. The molecule has 0 unspecified atom stereocenters. The number of amides is 1. The summed E-state index contributed by atoms with van der Waals surface area (Å²) in [6, 6.07) is 4.60. The number of benzene rings is 1. The molecule has 9 heteroatoms. The number of nitrogens with zero attached hydrogens (tertiary/aromatic N) is 1. The lowest BCUT2D eigenvalue weighted by molar-refractivity contribution is -0.113. The minimum Gasteiger partial charge on any atom is -0.489 e. The SMILES string of the molecule is CC(C)CSCC(=O)Nc1cc(S(=O)(=O)N2CCOCC2)ccc1OC(C)C. The number of nitrogens with one attached hydrogen (secondary N) is 1. The molecule has 28 heavy (non-hydrogen) atoms. The number of thioether (sulfide) groups is 1. The van der Waals surface area contributed by atoms with Crippen LogP contribution < -0.4 is 10.1 Å². The van der Waals surface area contributed by atoms with Crippen molar-refractivity contribution in [3.8, 4) is 5.75 Å². The monoisotopic (exact) mass is 430 g/mol. The molecule has 0 saturated carbocycles. The number of hydrogen-bond acceptors (Lipinski definition) is 6. The molecule has 1 amide bonds. The van der Waals surface area contributed by atoms with Crippen LogP contribution in [0.5, 0.6) is 5.75 Å². The molecule has 0 bridgehead atoms. The lowest BCUT2D eigenvalue weighted by Crippen LogP contribution is -2.40. The van der Waals surface area contributed by atoms with Crippen LogP contribution in [0.2, 0.25) is 0 Å². The maximum absolute atomic E-state index is 12.9. The van der Waals surface area contributed by atoms with Crippen LogP contribution in [0.4, 0.5) is 5.69 Å². The average Bonchev–Trinajstić information content (AvgIpc) is 2.63. The summed E-state index contributed by atoms with van der Waals surface area (Å²) in [5, 5.41) is 2.81. The van der Waals surface area contributed by atoms with Gasteiger partial charge in [-0.3, -0.25) is 4.79 Å². The first kappa shape index (κ1) is 23.0. The Hall–Kier alpha value is -1.29. The molecule has 0 aromatic heterocycles. The Kier molecular flexibility index (Phi) is 8.60. The molecular weight excluding hydrogens is 400 g/mol. The van der Waals surface area contributed by atoms with E-state index in [-0.39, 0.29) is 16.9 Å². The fourth-order valence-corrected chi connectivity index (χ4v) is 4.92. The van der Waals surface area contributed by atoms with Crippen LogP contribution in [0.1, 0.15) is 27.7 Å². The van der Waals surface area contributed by atoms with Crippen molar-refractivity contribution in [2.75, 3.05) is 43.1 Å². The van der Waals surface area contributed by atoms with E-state index in [0.717, 1.165) is 5.75 Å². The molecular formula is C19H30N2O5S2. The van der Waals surface area contributed by atoms with Gasteiger partial charge in [-0.25, -0.2) is 8.42 Å². The smallest absolute Gasteiger partial charge is 0.243 e. The van der Waals surface area contributed by atoms with Crippen LogP contribution in [0.15, 0.2) is 23.1 Å². The molecule has 0 radical (unpaired) electrons. The van der Waals surface area contributed by atoms with E-state index in [0.29, 0.717) is 49.4 Å². The molecule has 1 N–H and O–H groups in total. The molecule has 7 nitrogen and oxygen atoms in total. The Morgan fingerprint density at radius 2 is 1.93 bits per heavy atom. The molecule has 1 saturated heterocycles. The van der Waals surface area contributed by atoms with Gasteiger partial charge in [0, 0.05) is 13.1 Å². The first-order chi connectivity index (χ1) is 13.2. The first-order valence-electron chi connectivity index (χ1n) is 9.46. The highest BCUT2D eigenvalue weighted by atomic mass is 32.2. The molecule has 1 aliphatic heterocycles. The normalized spacial score (nSPS) is 15.8. The van der Waals surface area contributed by atoms with Crippen molar-refractivity contribution in [3.05, 3.63) is 18.2 Å². The maximum Gasteiger partial charge on any atom is 0.243 e. The van der Waals surface area contributed by atoms with Crippen LogP contribution in [-0.4, -0.2) is 62.5 Å². The van der Waals surface area contributed by atoms with E-state index < -0.39 is 10.0 Å². The third-order valence-electron chi connectivity index (χ3n) is 3.88. The number of morpholine rings is 1. The number of carbonyl (C=O) groups excluding carboxylic acids is 1. The van der Waals surface area contributed by atoms with Gasteiger partial charge in [-0.05, 0) is 43.7 Å². The highest BCUT2D eigenvalue weighted by molar-refractivity contribution is 7.99. The third kappa shape index (κ3) is 6.65. The predicted molar refractivity (Wildman–Crippen MR) is 113 cm³/mol. The van der Waals surface area contributed by atoms with Gasteiger partial charge >= 0.3 is 0 Å². The van der Waals surface area contributed by atoms with Crippen molar-refractivity contribution in [2.24, 2.45) is 5.92 Å². The van der Waals surface area contributed by atoms with Gasteiger partial charge in [0.05, 0.1) is 35.7 Å². The molecule has 0 aliphatic carbocycles. The zero-order chi connectivity index (χ0) is 20.7. The molecule has 1 fully saturated rings. The molecule has 0 spiro atoms. The van der Waals surface area contributed by atoms with Crippen LogP contribution in [0.25, 0.3) is 0 Å². The number of anilines is 1. The van der Waals surface area contributed by atoms with Gasteiger partial charge in [0.15, 0.2) is 0 Å². The van der Waals surface area contributed by atoms with Gasteiger partial charge in [-0.15, -0.1) is 0 Å². The summed E-state index contributed by atoms with van der Waals surface area (Å²) in [7, 11) is -3.65. The number of hydrogen-bond donors (Lipinski definition) is 1. The van der Waals surface area contributed by atoms with E-state index in [1.54, 1.807) is 17.8 Å². The van der Waals surface area contributed by atoms with E-state index >= 15 is 0 Å². The van der Waals surface area contributed by atoms with Crippen molar-refractivity contribution in [1.29, 1.82) is 0 Å². The summed E-state index contributed by atoms with van der Waals surface area (Å²) in [6.45, 7) is 9.35. The average molecular weight is 431 g/mol. The van der Waals surface area contributed by atoms with E-state index in [1.807, 2.05) is 13.8 Å². The third-order valence-corrected chi connectivity index (χ3v) is 7.14. The molecule has 158 valence electrons. The minimum atomic E-state index is -3.65. The van der Waals surface area contributed by atoms with E-state index in [4.69, 9.17) is 9.47 Å². The Morgan fingerprint density at radius 3 is 2.54 bits per heavy atom. The predicted octanol–water partition coefficient (Wildman–Crippen LogP) is 2.82. The van der Waals surface area contributed by atoms with Crippen molar-refractivity contribution >= 4 is 33.4 Å². The molecule has 1 aromatic rings. The van der Waals surface area contributed by atoms with Gasteiger partial charge in [0.1, 0.15) is 5.75 Å². The molecule has 1 heterocycles. The largest absolute Gasteiger partial charge is 0.489 e. The summed E-state index contributed by atoms with van der Waals surface area (Å²) in [5.41, 5.74) is 0.373. The zero-order valence-corrected chi connectivity index (χ0v) is 18.6. The first-order valence-corrected chi connectivity index (χ1v) is 12.1. The molecule has 2 rings (SSSR count). The van der Waals surface area contributed by atoms with Gasteiger partial charge in [0.2, 0.25) is 15.9 Å². The number of sulfonamides is 1. The van der Waals surface area contributed by atoms with Crippen molar-refractivity contribution < 1.29 is 22.7 Å². The lowest BCUT2D eigenvalue weighted by atomic mass is 10.3. The van der Waals surface area contributed by atoms with Crippen LogP contribution in [0.3, 0.4) is 0 Å². The number of ether oxygens (including phenoxy) is 2. The molecule has 1 aromatic carbocycles. The topological polar surface area (TPSA) is 84.9 Å². The van der Waals surface area contributed by atoms with Crippen LogP contribution in [-0.2, 0) is 19.6 Å². The minimum absolute atomic E-state index is 0.104. The van der Waals surface area contributed by atoms with Crippen molar-refractivity contribution in [2.45, 2.75) is 38.7 Å².